The summed E-state index contributed by atoms with van der Waals surface area (Å²) in [5.74, 6) is 1.93. The second kappa shape index (κ2) is 12.0. The summed E-state index contributed by atoms with van der Waals surface area (Å²) in [7, 11) is 0. The summed E-state index contributed by atoms with van der Waals surface area (Å²) in [6, 6.07) is 57.3. The Morgan fingerprint density at radius 2 is 1.06 bits per heavy atom. The summed E-state index contributed by atoms with van der Waals surface area (Å²) in [5, 5.41) is 5.60. The van der Waals surface area contributed by atoms with E-state index in [-0.39, 0.29) is 0 Å². The van der Waals surface area contributed by atoms with Gasteiger partial charge in [-0.2, -0.15) is 0 Å². The molecule has 0 unspecified atom stereocenters. The number of thiophene rings is 1. The fraction of sp³-hybridized carbons (Fsp3) is 0. The second-order valence-corrected chi connectivity index (χ2v) is 15.2. The van der Waals surface area contributed by atoms with Crippen molar-refractivity contribution in [2.24, 2.45) is 0 Å². The molecule has 248 valence electrons. The van der Waals surface area contributed by atoms with E-state index in [0.717, 1.165) is 65.7 Å². The molecule has 5 nitrogen and oxygen atoms in total. The molecule has 0 bridgehead atoms. The van der Waals surface area contributed by atoms with Gasteiger partial charge in [0.15, 0.2) is 17.5 Å². The van der Waals surface area contributed by atoms with E-state index in [1.807, 2.05) is 24.3 Å². The number of aromatic nitrogens is 5. The highest BCUT2D eigenvalue weighted by Gasteiger charge is 2.21. The highest BCUT2D eigenvalue weighted by Crippen LogP contribution is 2.43. The van der Waals surface area contributed by atoms with E-state index in [1.54, 1.807) is 22.7 Å². The first-order valence-corrected chi connectivity index (χ1v) is 19.1. The van der Waals surface area contributed by atoms with Gasteiger partial charge in [0.25, 0.3) is 0 Å². The topological polar surface area (TPSA) is 56.5 Å². The lowest BCUT2D eigenvalue weighted by Crippen LogP contribution is -2.01. The maximum absolute atomic E-state index is 5.35. The molecule has 0 atom stereocenters. The van der Waals surface area contributed by atoms with Gasteiger partial charge >= 0.3 is 0 Å². The number of para-hydroxylation sites is 3. The number of hydrogen-bond acceptors (Lipinski definition) is 6. The summed E-state index contributed by atoms with van der Waals surface area (Å²) in [4.78, 5) is 20.7. The van der Waals surface area contributed by atoms with Crippen LogP contribution in [0.3, 0.4) is 0 Å². The Kier molecular flexibility index (Phi) is 6.83. The van der Waals surface area contributed by atoms with Crippen molar-refractivity contribution in [1.29, 1.82) is 0 Å². The molecule has 0 spiro atoms. The van der Waals surface area contributed by atoms with Gasteiger partial charge in [-0.1, -0.05) is 109 Å². The minimum Gasteiger partial charge on any atom is -0.309 e. The fourth-order valence-corrected chi connectivity index (χ4v) is 9.61. The first-order valence-electron chi connectivity index (χ1n) is 17.5. The molecule has 4 aromatic heterocycles. The third-order valence-electron chi connectivity index (χ3n) is 9.90. The maximum Gasteiger partial charge on any atom is 0.164 e. The SMILES string of the molecule is c1ccc(-c2nc(-c3cccc4sc5ccc(-c6nc7ccccc7s6)cc5c34)nc(-c3cccc4c3c3ccccc3n4-c3ccccc3)n2)cc1. The Bertz CT molecular complexity index is 3150. The zero-order chi connectivity index (χ0) is 34.9. The lowest BCUT2D eigenvalue weighted by atomic mass is 10.0. The van der Waals surface area contributed by atoms with E-state index < -0.39 is 0 Å². The highest BCUT2D eigenvalue weighted by molar-refractivity contribution is 7.26. The fourth-order valence-electron chi connectivity index (χ4n) is 7.54. The third-order valence-corrected chi connectivity index (χ3v) is 12.1. The van der Waals surface area contributed by atoms with Gasteiger partial charge in [0.05, 0.1) is 21.3 Å². The van der Waals surface area contributed by atoms with Crippen molar-refractivity contribution in [3.8, 4) is 50.4 Å². The second-order valence-electron chi connectivity index (χ2n) is 13.0. The Labute approximate surface area is 312 Å². The first kappa shape index (κ1) is 30.1. The van der Waals surface area contributed by atoms with Gasteiger partial charge in [-0.15, -0.1) is 22.7 Å². The van der Waals surface area contributed by atoms with Crippen LogP contribution in [0.4, 0.5) is 0 Å². The van der Waals surface area contributed by atoms with Crippen LogP contribution in [0, 0.1) is 0 Å². The van der Waals surface area contributed by atoms with Crippen LogP contribution < -0.4 is 0 Å². The summed E-state index contributed by atoms with van der Waals surface area (Å²) in [6.07, 6.45) is 0. The van der Waals surface area contributed by atoms with Crippen molar-refractivity contribution >= 4 is 74.9 Å². The summed E-state index contributed by atoms with van der Waals surface area (Å²) in [6.45, 7) is 0. The Balaban J connectivity index is 1.17. The molecule has 7 heteroatoms. The maximum atomic E-state index is 5.35. The molecule has 11 rings (SSSR count). The van der Waals surface area contributed by atoms with E-state index in [1.165, 1.54) is 19.5 Å². The smallest absolute Gasteiger partial charge is 0.164 e. The monoisotopic (exact) mass is 713 g/mol. The Hall–Kier alpha value is -6.54. The van der Waals surface area contributed by atoms with E-state index in [0.29, 0.717) is 17.5 Å². The molecule has 0 saturated heterocycles. The van der Waals surface area contributed by atoms with Crippen LogP contribution in [0.5, 0.6) is 0 Å². The Morgan fingerprint density at radius 1 is 0.396 bits per heavy atom. The van der Waals surface area contributed by atoms with Crippen molar-refractivity contribution in [2.75, 3.05) is 0 Å². The zero-order valence-corrected chi connectivity index (χ0v) is 29.8. The number of benzene rings is 7. The molecule has 7 aromatic carbocycles. The molecule has 4 heterocycles. The third kappa shape index (κ3) is 4.89. The van der Waals surface area contributed by atoms with Crippen molar-refractivity contribution < 1.29 is 0 Å². The number of fused-ring (bicyclic) bond motifs is 7. The van der Waals surface area contributed by atoms with Gasteiger partial charge in [0.1, 0.15) is 5.01 Å². The molecule has 0 aliphatic carbocycles. The van der Waals surface area contributed by atoms with Crippen LogP contribution in [-0.2, 0) is 0 Å². The molecule has 0 N–H and O–H groups in total. The number of hydrogen-bond donors (Lipinski definition) is 0. The molecule has 11 aromatic rings. The lowest BCUT2D eigenvalue weighted by Gasteiger charge is -2.11. The van der Waals surface area contributed by atoms with Gasteiger partial charge in [-0.25, -0.2) is 19.9 Å². The average Bonchev–Trinajstić information content (AvgIpc) is 3.93. The standard InChI is InChI=1S/C46H27N5S2/c1-3-13-28(14-4-1)43-48-44(32-18-11-22-37-41(32)31-17-7-9-21-36(31)51(37)30-15-5-2-6-16-30)50-45(49-43)33-19-12-24-40-42(33)34-27-29(25-26-38(34)52-40)46-47-35-20-8-10-23-39(35)53-46/h1-27H. The number of rotatable bonds is 5. The molecule has 53 heavy (non-hydrogen) atoms. The van der Waals surface area contributed by atoms with Gasteiger partial charge < -0.3 is 4.57 Å². The molecular formula is C46H27N5S2. The predicted molar refractivity (Wildman–Crippen MR) is 222 cm³/mol. The molecule has 0 aliphatic heterocycles. The highest BCUT2D eigenvalue weighted by atomic mass is 32.1. The normalized spacial score (nSPS) is 11.8. The van der Waals surface area contributed by atoms with Gasteiger partial charge in [-0.05, 0) is 54.6 Å². The van der Waals surface area contributed by atoms with Crippen LogP contribution in [0.25, 0.3) is 103 Å². The van der Waals surface area contributed by atoms with Crippen molar-refractivity contribution in [2.45, 2.75) is 0 Å². The molecule has 0 fully saturated rings. The van der Waals surface area contributed by atoms with Gasteiger partial charge in [-0.3, -0.25) is 0 Å². The van der Waals surface area contributed by atoms with Crippen molar-refractivity contribution in [3.05, 3.63) is 164 Å². The van der Waals surface area contributed by atoms with Crippen LogP contribution in [-0.4, -0.2) is 24.5 Å². The van der Waals surface area contributed by atoms with E-state index in [9.17, 15) is 0 Å². The largest absolute Gasteiger partial charge is 0.309 e. The summed E-state index contributed by atoms with van der Waals surface area (Å²) < 4.78 is 5.92. The van der Waals surface area contributed by atoms with Crippen molar-refractivity contribution in [1.82, 2.24) is 24.5 Å². The summed E-state index contributed by atoms with van der Waals surface area (Å²) in [5.41, 5.74) is 8.37. The van der Waals surface area contributed by atoms with Crippen molar-refractivity contribution in [3.63, 3.8) is 0 Å². The van der Waals surface area contributed by atoms with Crippen LogP contribution in [0.2, 0.25) is 0 Å². The quantitative estimate of drug-likeness (QED) is 0.178. The molecule has 0 aliphatic rings. The Morgan fingerprint density at radius 3 is 1.89 bits per heavy atom. The van der Waals surface area contributed by atoms with Gasteiger partial charge in [0, 0.05) is 58.9 Å². The molecular weight excluding hydrogens is 687 g/mol. The molecule has 0 radical (unpaired) electrons. The molecule has 0 amide bonds. The minimum atomic E-state index is 0.640. The predicted octanol–water partition coefficient (Wildman–Crippen LogP) is 12.6. The molecule has 0 saturated carbocycles. The van der Waals surface area contributed by atoms with Crippen LogP contribution in [0.15, 0.2) is 164 Å². The lowest BCUT2D eigenvalue weighted by molar-refractivity contribution is 1.08. The summed E-state index contributed by atoms with van der Waals surface area (Å²) >= 11 is 3.52. The minimum absolute atomic E-state index is 0.640. The van der Waals surface area contributed by atoms with Gasteiger partial charge in [0.2, 0.25) is 0 Å². The zero-order valence-electron chi connectivity index (χ0n) is 28.1. The number of nitrogens with zero attached hydrogens (tertiary/aromatic N) is 5. The average molecular weight is 714 g/mol. The van der Waals surface area contributed by atoms with E-state index >= 15 is 0 Å². The van der Waals surface area contributed by atoms with E-state index in [4.69, 9.17) is 19.9 Å². The van der Waals surface area contributed by atoms with Crippen LogP contribution in [0.1, 0.15) is 0 Å². The van der Waals surface area contributed by atoms with E-state index in [2.05, 4.69) is 144 Å². The van der Waals surface area contributed by atoms with Crippen LogP contribution >= 0.6 is 22.7 Å². The number of thiazole rings is 1. The first-order chi connectivity index (χ1) is 26.3.